The van der Waals surface area contributed by atoms with Gasteiger partial charge in [0.2, 0.25) is 5.91 Å². The van der Waals surface area contributed by atoms with Crippen LogP contribution in [0.2, 0.25) is 0 Å². The Morgan fingerprint density at radius 3 is 2.52 bits per heavy atom. The Morgan fingerprint density at radius 2 is 1.88 bits per heavy atom. The van der Waals surface area contributed by atoms with Crippen LogP contribution in [0.4, 0.5) is 0 Å². The van der Waals surface area contributed by atoms with Crippen molar-refractivity contribution in [1.29, 1.82) is 0 Å². The number of piperidine rings is 1. The van der Waals surface area contributed by atoms with Crippen molar-refractivity contribution in [3.05, 3.63) is 47.8 Å². The molecule has 0 bridgehead atoms. The summed E-state index contributed by atoms with van der Waals surface area (Å²) in [6.07, 6.45) is 2.36. The summed E-state index contributed by atoms with van der Waals surface area (Å²) in [7, 11) is 0. The number of amides is 2. The maximum Gasteiger partial charge on any atom is 0.274 e. The SMILES string of the molecule is Cc1cc(C(=O)N2CCC3(CCNC3=O)CC2)nn1-c1ccccc1. The topological polar surface area (TPSA) is 67.2 Å². The summed E-state index contributed by atoms with van der Waals surface area (Å²) in [4.78, 5) is 26.7. The Hall–Kier alpha value is -2.63. The molecule has 1 aromatic heterocycles. The van der Waals surface area contributed by atoms with E-state index in [0.29, 0.717) is 18.8 Å². The minimum absolute atomic E-state index is 0.0500. The van der Waals surface area contributed by atoms with Crippen molar-refractivity contribution in [3.8, 4) is 5.69 Å². The number of para-hydroxylation sites is 1. The van der Waals surface area contributed by atoms with Crippen LogP contribution in [-0.4, -0.2) is 46.1 Å². The van der Waals surface area contributed by atoms with Gasteiger partial charge in [-0.3, -0.25) is 9.59 Å². The van der Waals surface area contributed by atoms with Gasteiger partial charge in [-0.25, -0.2) is 4.68 Å². The maximum absolute atomic E-state index is 12.8. The van der Waals surface area contributed by atoms with E-state index in [0.717, 1.165) is 37.2 Å². The first-order chi connectivity index (χ1) is 12.1. The molecule has 6 heteroatoms. The van der Waals surface area contributed by atoms with Gasteiger partial charge in [-0.2, -0.15) is 5.10 Å². The molecule has 2 aliphatic heterocycles. The molecular formula is C19H22N4O2. The number of likely N-dealkylation sites (tertiary alicyclic amines) is 1. The standard InChI is InChI=1S/C19H22N4O2/c1-14-13-16(21-23(14)15-5-3-2-4-6-15)17(24)22-11-8-19(9-12-22)7-10-20-18(19)25/h2-6,13H,7-12H2,1H3,(H,20,25). The van der Waals surface area contributed by atoms with Crippen molar-refractivity contribution in [2.24, 2.45) is 5.41 Å². The molecule has 25 heavy (non-hydrogen) atoms. The molecule has 2 amide bonds. The second-order valence-electron chi connectivity index (χ2n) is 7.00. The van der Waals surface area contributed by atoms with Crippen LogP contribution in [0.5, 0.6) is 0 Å². The molecule has 2 aromatic rings. The summed E-state index contributed by atoms with van der Waals surface area (Å²) in [6, 6.07) is 11.6. The minimum Gasteiger partial charge on any atom is -0.356 e. The van der Waals surface area contributed by atoms with Crippen molar-refractivity contribution in [3.63, 3.8) is 0 Å². The zero-order chi connectivity index (χ0) is 17.4. The number of nitrogens with one attached hydrogen (secondary N) is 1. The van der Waals surface area contributed by atoms with E-state index in [4.69, 9.17) is 0 Å². The fourth-order valence-electron chi connectivity index (χ4n) is 3.90. The van der Waals surface area contributed by atoms with Gasteiger partial charge in [-0.15, -0.1) is 0 Å². The van der Waals surface area contributed by atoms with Gasteiger partial charge in [0.25, 0.3) is 5.91 Å². The van der Waals surface area contributed by atoms with E-state index in [1.807, 2.05) is 48.2 Å². The lowest BCUT2D eigenvalue weighted by molar-refractivity contribution is -0.129. The van der Waals surface area contributed by atoms with Crippen molar-refractivity contribution in [2.45, 2.75) is 26.2 Å². The Morgan fingerprint density at radius 1 is 1.16 bits per heavy atom. The highest BCUT2D eigenvalue weighted by atomic mass is 16.2. The number of carbonyl (C=O) groups excluding carboxylic acids is 2. The van der Waals surface area contributed by atoms with Crippen LogP contribution < -0.4 is 5.32 Å². The predicted octanol–water partition coefficient (Wildman–Crippen LogP) is 1.92. The number of carbonyl (C=O) groups is 2. The summed E-state index contributed by atoms with van der Waals surface area (Å²) in [5.74, 6) is 0.106. The molecule has 130 valence electrons. The van der Waals surface area contributed by atoms with Crippen molar-refractivity contribution < 1.29 is 9.59 Å². The zero-order valence-electron chi connectivity index (χ0n) is 14.4. The van der Waals surface area contributed by atoms with Gasteiger partial charge in [0.1, 0.15) is 0 Å². The molecule has 6 nitrogen and oxygen atoms in total. The van der Waals surface area contributed by atoms with E-state index in [1.165, 1.54) is 0 Å². The average Bonchev–Trinajstić information content (AvgIpc) is 3.19. The number of benzene rings is 1. The van der Waals surface area contributed by atoms with Crippen LogP contribution in [-0.2, 0) is 4.79 Å². The molecule has 0 radical (unpaired) electrons. The zero-order valence-corrected chi connectivity index (χ0v) is 14.4. The molecule has 4 rings (SSSR count). The summed E-state index contributed by atoms with van der Waals surface area (Å²) in [5, 5.41) is 7.43. The summed E-state index contributed by atoms with van der Waals surface area (Å²) >= 11 is 0. The van der Waals surface area contributed by atoms with Gasteiger partial charge in [-0.05, 0) is 44.4 Å². The molecule has 2 saturated heterocycles. The first-order valence-corrected chi connectivity index (χ1v) is 8.79. The predicted molar refractivity (Wildman–Crippen MR) is 93.5 cm³/mol. The Bertz CT molecular complexity index is 804. The van der Waals surface area contributed by atoms with E-state index in [1.54, 1.807) is 4.68 Å². The lowest BCUT2D eigenvalue weighted by Crippen LogP contribution is -2.46. The largest absolute Gasteiger partial charge is 0.356 e. The number of hydrogen-bond acceptors (Lipinski definition) is 3. The van der Waals surface area contributed by atoms with Crippen LogP contribution in [0.25, 0.3) is 5.69 Å². The van der Waals surface area contributed by atoms with Gasteiger partial charge in [0.15, 0.2) is 5.69 Å². The summed E-state index contributed by atoms with van der Waals surface area (Å²) in [6.45, 7) is 3.94. The van der Waals surface area contributed by atoms with E-state index < -0.39 is 0 Å². The van der Waals surface area contributed by atoms with Crippen molar-refractivity contribution in [2.75, 3.05) is 19.6 Å². The lowest BCUT2D eigenvalue weighted by Gasteiger charge is -2.37. The monoisotopic (exact) mass is 338 g/mol. The van der Waals surface area contributed by atoms with Gasteiger partial charge in [-0.1, -0.05) is 18.2 Å². The van der Waals surface area contributed by atoms with Crippen LogP contribution in [0, 0.1) is 12.3 Å². The second-order valence-corrected chi connectivity index (χ2v) is 7.00. The minimum atomic E-state index is -0.254. The fraction of sp³-hybridized carbons (Fsp3) is 0.421. The third-order valence-electron chi connectivity index (χ3n) is 5.49. The van der Waals surface area contributed by atoms with Crippen molar-refractivity contribution in [1.82, 2.24) is 20.0 Å². The highest BCUT2D eigenvalue weighted by Crippen LogP contribution is 2.38. The third kappa shape index (κ3) is 2.71. The molecule has 1 aromatic carbocycles. The number of nitrogens with zero attached hydrogens (tertiary/aromatic N) is 3. The molecule has 0 saturated carbocycles. The van der Waals surface area contributed by atoms with Gasteiger partial charge in [0.05, 0.1) is 11.1 Å². The Labute approximate surface area is 146 Å². The Balaban J connectivity index is 1.50. The van der Waals surface area contributed by atoms with E-state index in [9.17, 15) is 9.59 Å². The van der Waals surface area contributed by atoms with Gasteiger partial charge < -0.3 is 10.2 Å². The van der Waals surface area contributed by atoms with Gasteiger partial charge in [0, 0.05) is 25.3 Å². The molecule has 3 heterocycles. The molecule has 0 aliphatic carbocycles. The van der Waals surface area contributed by atoms with E-state index in [2.05, 4.69) is 10.4 Å². The highest BCUT2D eigenvalue weighted by molar-refractivity contribution is 5.93. The summed E-state index contributed by atoms with van der Waals surface area (Å²) in [5.41, 5.74) is 2.08. The van der Waals surface area contributed by atoms with Gasteiger partial charge >= 0.3 is 0 Å². The number of aromatic nitrogens is 2. The molecule has 1 spiro atoms. The quantitative estimate of drug-likeness (QED) is 0.910. The highest BCUT2D eigenvalue weighted by Gasteiger charge is 2.45. The normalized spacial score (nSPS) is 19.2. The molecule has 0 unspecified atom stereocenters. The maximum atomic E-state index is 12.8. The lowest BCUT2D eigenvalue weighted by atomic mass is 9.77. The smallest absolute Gasteiger partial charge is 0.274 e. The van der Waals surface area contributed by atoms with Crippen LogP contribution >= 0.6 is 0 Å². The molecule has 1 N–H and O–H groups in total. The van der Waals surface area contributed by atoms with E-state index in [-0.39, 0.29) is 17.2 Å². The molecule has 2 aliphatic rings. The number of aryl methyl sites for hydroxylation is 1. The second kappa shape index (κ2) is 6.02. The third-order valence-corrected chi connectivity index (χ3v) is 5.49. The van der Waals surface area contributed by atoms with Crippen LogP contribution in [0.15, 0.2) is 36.4 Å². The average molecular weight is 338 g/mol. The van der Waals surface area contributed by atoms with Crippen molar-refractivity contribution >= 4 is 11.8 Å². The molecule has 0 atom stereocenters. The molecular weight excluding hydrogens is 316 g/mol. The van der Waals surface area contributed by atoms with E-state index >= 15 is 0 Å². The number of rotatable bonds is 2. The molecule has 2 fully saturated rings. The Kier molecular flexibility index (Phi) is 3.82. The summed E-state index contributed by atoms with van der Waals surface area (Å²) < 4.78 is 1.79. The first-order valence-electron chi connectivity index (χ1n) is 8.79. The number of hydrogen-bond donors (Lipinski definition) is 1. The fourth-order valence-corrected chi connectivity index (χ4v) is 3.90. The van der Waals surface area contributed by atoms with Crippen LogP contribution in [0.3, 0.4) is 0 Å². The van der Waals surface area contributed by atoms with Crippen LogP contribution in [0.1, 0.15) is 35.4 Å². The first kappa shape index (κ1) is 15.9.